The summed E-state index contributed by atoms with van der Waals surface area (Å²) in [7, 11) is 1.32. The highest BCUT2D eigenvalue weighted by Crippen LogP contribution is 2.26. The number of rotatable bonds is 4. The lowest BCUT2D eigenvalue weighted by molar-refractivity contribution is -0.920. The fraction of sp³-hybridized carbons (Fsp3) is 0.348. The first kappa shape index (κ1) is 19.3. The van der Waals surface area contributed by atoms with E-state index in [1.54, 1.807) is 24.3 Å². The summed E-state index contributed by atoms with van der Waals surface area (Å²) < 4.78 is 4.69. The summed E-state index contributed by atoms with van der Waals surface area (Å²) in [4.78, 5) is 39.7. The van der Waals surface area contributed by atoms with Gasteiger partial charge in [0.05, 0.1) is 37.9 Å². The van der Waals surface area contributed by atoms with Crippen molar-refractivity contribution in [2.24, 2.45) is 0 Å². The van der Waals surface area contributed by atoms with E-state index >= 15 is 0 Å². The number of hydrogen-bond acceptors (Lipinski definition) is 4. The molecule has 2 heterocycles. The number of likely N-dealkylation sites (tertiary alicyclic amines) is 1. The zero-order chi connectivity index (χ0) is 20.4. The van der Waals surface area contributed by atoms with E-state index in [2.05, 4.69) is 24.3 Å². The van der Waals surface area contributed by atoms with Crippen molar-refractivity contribution in [3.8, 4) is 0 Å². The van der Waals surface area contributed by atoms with Gasteiger partial charge in [-0.15, -0.1) is 0 Å². The molecule has 2 aromatic carbocycles. The molecule has 2 aliphatic rings. The molecule has 150 valence electrons. The number of imide groups is 1. The molecule has 2 amide bonds. The van der Waals surface area contributed by atoms with Crippen LogP contribution in [0.15, 0.2) is 54.6 Å². The molecule has 0 saturated carbocycles. The van der Waals surface area contributed by atoms with Gasteiger partial charge >= 0.3 is 5.97 Å². The Bertz CT molecular complexity index is 902. The van der Waals surface area contributed by atoms with E-state index in [1.807, 2.05) is 6.07 Å². The second kappa shape index (κ2) is 8.17. The van der Waals surface area contributed by atoms with E-state index in [-0.39, 0.29) is 24.3 Å². The molecule has 6 nitrogen and oxygen atoms in total. The number of benzene rings is 2. The first-order chi connectivity index (χ1) is 14.1. The lowest BCUT2D eigenvalue weighted by atomic mass is 9.89. The van der Waals surface area contributed by atoms with Crippen molar-refractivity contribution in [1.29, 1.82) is 0 Å². The lowest BCUT2D eigenvalue weighted by Crippen LogP contribution is -3.17. The third-order valence-corrected chi connectivity index (χ3v) is 6.08. The van der Waals surface area contributed by atoms with E-state index in [0.29, 0.717) is 17.2 Å². The van der Waals surface area contributed by atoms with Gasteiger partial charge in [0.1, 0.15) is 0 Å². The van der Waals surface area contributed by atoms with Gasteiger partial charge in [-0.1, -0.05) is 30.3 Å². The molecule has 0 aromatic heterocycles. The standard InChI is InChI=1S/C23H24N2O4/c1-29-23(28)18-7-9-19(10-8-18)25-21(26)15-20(22(25)27)24-13-11-17(12-14-24)16-5-3-2-4-6-16/h2-10,17,20H,11-15H2,1H3/p+1/t20-/m1/s1. The number of quaternary nitrogens is 1. The third kappa shape index (κ3) is 3.80. The van der Waals surface area contributed by atoms with Crippen LogP contribution in [0.4, 0.5) is 5.69 Å². The maximum absolute atomic E-state index is 13.0. The number of nitrogens with zero attached hydrogens (tertiary/aromatic N) is 1. The highest BCUT2D eigenvalue weighted by atomic mass is 16.5. The van der Waals surface area contributed by atoms with Crippen LogP contribution < -0.4 is 9.80 Å². The summed E-state index contributed by atoms with van der Waals surface area (Å²) in [5.74, 6) is -0.245. The maximum Gasteiger partial charge on any atom is 0.337 e. The van der Waals surface area contributed by atoms with Crippen LogP contribution >= 0.6 is 0 Å². The fourth-order valence-corrected chi connectivity index (χ4v) is 4.48. The predicted molar refractivity (Wildman–Crippen MR) is 108 cm³/mol. The molecule has 2 saturated heterocycles. The van der Waals surface area contributed by atoms with Crippen molar-refractivity contribution >= 4 is 23.5 Å². The Kier molecular flexibility index (Phi) is 5.45. The van der Waals surface area contributed by atoms with Crippen LogP contribution in [0.2, 0.25) is 0 Å². The van der Waals surface area contributed by atoms with Crippen LogP contribution in [-0.2, 0) is 14.3 Å². The largest absolute Gasteiger partial charge is 0.465 e. The summed E-state index contributed by atoms with van der Waals surface area (Å²) in [5, 5.41) is 0. The van der Waals surface area contributed by atoms with Crippen molar-refractivity contribution < 1.29 is 24.0 Å². The van der Waals surface area contributed by atoms with Gasteiger partial charge < -0.3 is 9.64 Å². The predicted octanol–water partition coefficient (Wildman–Crippen LogP) is 1.57. The Labute approximate surface area is 170 Å². The molecule has 0 unspecified atom stereocenters. The molecule has 1 atom stereocenters. The van der Waals surface area contributed by atoms with Gasteiger partial charge in [0.25, 0.3) is 5.91 Å². The van der Waals surface area contributed by atoms with Gasteiger partial charge in [0.2, 0.25) is 5.91 Å². The summed E-state index contributed by atoms with van der Waals surface area (Å²) in [6, 6.07) is 16.6. The van der Waals surface area contributed by atoms with Crippen molar-refractivity contribution in [3.63, 3.8) is 0 Å². The van der Waals surface area contributed by atoms with Crippen LogP contribution in [0, 0.1) is 0 Å². The Morgan fingerprint density at radius 3 is 2.28 bits per heavy atom. The smallest absolute Gasteiger partial charge is 0.337 e. The van der Waals surface area contributed by atoms with Crippen LogP contribution in [-0.4, -0.2) is 44.0 Å². The van der Waals surface area contributed by atoms with Crippen molar-refractivity contribution in [2.45, 2.75) is 31.2 Å². The number of amides is 2. The number of methoxy groups -OCH3 is 1. The fourth-order valence-electron chi connectivity index (χ4n) is 4.48. The molecule has 6 heteroatoms. The normalized spacial score (nSPS) is 24.6. The molecule has 0 spiro atoms. The van der Waals surface area contributed by atoms with E-state index in [4.69, 9.17) is 4.74 Å². The SMILES string of the molecule is COC(=O)c1ccc(N2C(=O)C[C@@H]([NH+]3CCC(c4ccccc4)CC3)C2=O)cc1. The zero-order valence-electron chi connectivity index (χ0n) is 16.5. The first-order valence-corrected chi connectivity index (χ1v) is 10.0. The van der Waals surface area contributed by atoms with Gasteiger partial charge in [0.15, 0.2) is 6.04 Å². The second-order valence-corrected chi connectivity index (χ2v) is 7.71. The molecule has 2 fully saturated rings. The Morgan fingerprint density at radius 2 is 1.66 bits per heavy atom. The molecule has 29 heavy (non-hydrogen) atoms. The molecule has 2 aromatic rings. The second-order valence-electron chi connectivity index (χ2n) is 7.71. The van der Waals surface area contributed by atoms with Crippen molar-refractivity contribution in [1.82, 2.24) is 0 Å². The van der Waals surface area contributed by atoms with Gasteiger partial charge in [-0.25, -0.2) is 9.69 Å². The highest BCUT2D eigenvalue weighted by molar-refractivity contribution is 6.21. The molecular weight excluding hydrogens is 368 g/mol. The summed E-state index contributed by atoms with van der Waals surface area (Å²) in [5.41, 5.74) is 2.25. The lowest BCUT2D eigenvalue weighted by Gasteiger charge is -2.32. The van der Waals surface area contributed by atoms with Gasteiger partial charge in [0, 0.05) is 12.8 Å². The summed E-state index contributed by atoms with van der Waals surface area (Å²) in [6.07, 6.45) is 2.28. The van der Waals surface area contributed by atoms with E-state index in [9.17, 15) is 14.4 Å². The monoisotopic (exact) mass is 393 g/mol. The van der Waals surface area contributed by atoms with Gasteiger partial charge in [-0.05, 0) is 35.7 Å². The minimum Gasteiger partial charge on any atom is -0.465 e. The minimum atomic E-state index is -0.445. The average Bonchev–Trinajstić information content (AvgIpc) is 3.08. The maximum atomic E-state index is 13.0. The molecule has 1 N–H and O–H groups in total. The molecule has 4 rings (SSSR count). The Balaban J connectivity index is 1.43. The van der Waals surface area contributed by atoms with Crippen LogP contribution in [0.25, 0.3) is 0 Å². The summed E-state index contributed by atoms with van der Waals surface area (Å²) >= 11 is 0. The topological polar surface area (TPSA) is 68.1 Å². The van der Waals surface area contributed by atoms with E-state index in [0.717, 1.165) is 25.9 Å². The average molecular weight is 393 g/mol. The molecular formula is C23H25N2O4+. The van der Waals surface area contributed by atoms with Gasteiger partial charge in [-0.3, -0.25) is 9.59 Å². The molecule has 0 aliphatic carbocycles. The third-order valence-electron chi connectivity index (χ3n) is 6.08. The quantitative estimate of drug-likeness (QED) is 0.633. The Morgan fingerprint density at radius 1 is 1.00 bits per heavy atom. The van der Waals surface area contributed by atoms with Gasteiger partial charge in [-0.2, -0.15) is 0 Å². The molecule has 2 aliphatic heterocycles. The van der Waals surface area contributed by atoms with Crippen LogP contribution in [0.3, 0.4) is 0 Å². The number of ether oxygens (including phenoxy) is 1. The number of anilines is 1. The van der Waals surface area contributed by atoms with Crippen molar-refractivity contribution in [2.75, 3.05) is 25.1 Å². The van der Waals surface area contributed by atoms with E-state index in [1.165, 1.54) is 22.5 Å². The number of hydrogen-bond donors (Lipinski definition) is 1. The van der Waals surface area contributed by atoms with Crippen LogP contribution in [0.5, 0.6) is 0 Å². The van der Waals surface area contributed by atoms with E-state index < -0.39 is 5.97 Å². The highest BCUT2D eigenvalue weighted by Gasteiger charge is 2.46. The van der Waals surface area contributed by atoms with Crippen LogP contribution in [0.1, 0.15) is 41.1 Å². The van der Waals surface area contributed by atoms with Crippen molar-refractivity contribution in [3.05, 3.63) is 65.7 Å². The molecule has 0 bridgehead atoms. The number of piperidine rings is 1. The number of nitrogens with one attached hydrogen (secondary N) is 1. The zero-order valence-corrected chi connectivity index (χ0v) is 16.5. The number of carbonyl (C=O) groups is 3. The minimum absolute atomic E-state index is 0.144. The number of carbonyl (C=O) groups excluding carboxylic acids is 3. The summed E-state index contributed by atoms with van der Waals surface area (Å²) in [6.45, 7) is 1.77. The first-order valence-electron chi connectivity index (χ1n) is 10.0. The Hall–Kier alpha value is -2.99. The molecule has 0 radical (unpaired) electrons. The number of esters is 1.